The van der Waals surface area contributed by atoms with Crippen molar-refractivity contribution in [1.82, 2.24) is 4.90 Å². The summed E-state index contributed by atoms with van der Waals surface area (Å²) in [5.41, 5.74) is 1.26. The second-order valence-electron chi connectivity index (χ2n) is 3.68. The van der Waals surface area contributed by atoms with E-state index in [2.05, 4.69) is 44.0 Å². The van der Waals surface area contributed by atoms with Crippen LogP contribution in [0.4, 0.5) is 0 Å². The van der Waals surface area contributed by atoms with Gasteiger partial charge >= 0.3 is 0 Å². The highest BCUT2D eigenvalue weighted by Gasteiger charge is 2.26. The van der Waals surface area contributed by atoms with Crippen LogP contribution in [0.15, 0.2) is 39.3 Å². The molecule has 1 aromatic carbocycles. The van der Waals surface area contributed by atoms with Crippen LogP contribution in [0.2, 0.25) is 0 Å². The molecule has 16 heavy (non-hydrogen) atoms. The number of nitrogens with zero attached hydrogens (tertiary/aromatic N) is 1. The molecule has 0 fully saturated rings. The average Bonchev–Trinajstić information content (AvgIpc) is 2.56. The minimum absolute atomic E-state index is 0.0720. The molecule has 0 aliphatic carbocycles. The second kappa shape index (κ2) is 5.15. The summed E-state index contributed by atoms with van der Waals surface area (Å²) in [4.78, 5) is 13.6. The largest absolute Gasteiger partial charge is 0.333 e. The number of amides is 1. The Balaban J connectivity index is 1.92. The molecule has 4 heteroatoms. The Labute approximate surface area is 112 Å². The minimum atomic E-state index is 0.0720. The van der Waals surface area contributed by atoms with E-state index < -0.39 is 0 Å². The SMILES string of the molecule is O=C1C(Br)=C(Br)CN1CCc1ccccc1. The van der Waals surface area contributed by atoms with E-state index in [-0.39, 0.29) is 5.91 Å². The topological polar surface area (TPSA) is 20.3 Å². The van der Waals surface area contributed by atoms with Crippen molar-refractivity contribution < 1.29 is 4.79 Å². The zero-order chi connectivity index (χ0) is 11.5. The van der Waals surface area contributed by atoms with E-state index in [9.17, 15) is 4.79 Å². The van der Waals surface area contributed by atoms with E-state index in [0.717, 1.165) is 17.4 Å². The van der Waals surface area contributed by atoms with Crippen LogP contribution in [0.25, 0.3) is 0 Å². The summed E-state index contributed by atoms with van der Waals surface area (Å²) in [6.45, 7) is 1.43. The molecule has 0 saturated carbocycles. The zero-order valence-corrected chi connectivity index (χ0v) is 11.8. The Bertz CT molecular complexity index is 428. The lowest BCUT2D eigenvalue weighted by molar-refractivity contribution is -0.124. The molecule has 0 radical (unpaired) electrons. The molecule has 0 aromatic heterocycles. The summed E-state index contributed by atoms with van der Waals surface area (Å²) >= 11 is 6.66. The Morgan fingerprint density at radius 1 is 1.19 bits per heavy atom. The first-order valence-corrected chi connectivity index (χ1v) is 6.64. The highest BCUT2D eigenvalue weighted by atomic mass is 79.9. The van der Waals surface area contributed by atoms with Crippen LogP contribution in [0.1, 0.15) is 5.56 Å². The molecule has 1 heterocycles. The lowest BCUT2D eigenvalue weighted by Gasteiger charge is -2.15. The van der Waals surface area contributed by atoms with Crippen LogP contribution in [-0.4, -0.2) is 23.9 Å². The molecule has 2 nitrogen and oxygen atoms in total. The number of hydrogen-bond acceptors (Lipinski definition) is 1. The van der Waals surface area contributed by atoms with E-state index in [1.165, 1.54) is 5.56 Å². The minimum Gasteiger partial charge on any atom is -0.333 e. The molecule has 1 aliphatic rings. The molecule has 2 rings (SSSR count). The highest BCUT2D eigenvalue weighted by Crippen LogP contribution is 2.27. The van der Waals surface area contributed by atoms with Crippen LogP contribution in [0.3, 0.4) is 0 Å². The van der Waals surface area contributed by atoms with Gasteiger partial charge in [-0.2, -0.15) is 0 Å². The van der Waals surface area contributed by atoms with E-state index in [4.69, 9.17) is 0 Å². The van der Waals surface area contributed by atoms with Crippen molar-refractivity contribution in [1.29, 1.82) is 0 Å². The van der Waals surface area contributed by atoms with Gasteiger partial charge in [-0.3, -0.25) is 4.79 Å². The zero-order valence-electron chi connectivity index (χ0n) is 8.62. The summed E-state index contributed by atoms with van der Waals surface area (Å²) in [5.74, 6) is 0.0720. The average molecular weight is 345 g/mol. The highest BCUT2D eigenvalue weighted by molar-refractivity contribution is 9.14. The molecule has 0 atom stereocenters. The standard InChI is InChI=1S/C12H11Br2NO/c13-10-8-15(12(16)11(10)14)7-6-9-4-2-1-3-5-9/h1-5H,6-8H2. The van der Waals surface area contributed by atoms with E-state index >= 15 is 0 Å². The van der Waals surface area contributed by atoms with E-state index in [1.54, 1.807) is 0 Å². The van der Waals surface area contributed by atoms with E-state index in [0.29, 0.717) is 11.0 Å². The molecule has 0 unspecified atom stereocenters. The first-order chi connectivity index (χ1) is 7.68. The third-order valence-corrected chi connectivity index (χ3v) is 4.55. The van der Waals surface area contributed by atoms with Crippen LogP contribution in [0, 0.1) is 0 Å². The summed E-state index contributed by atoms with van der Waals surface area (Å²) in [7, 11) is 0. The first kappa shape index (κ1) is 11.9. The molecular formula is C12H11Br2NO. The van der Waals surface area contributed by atoms with Crippen molar-refractivity contribution in [3.05, 3.63) is 44.9 Å². The Hall–Kier alpha value is -0.610. The number of benzene rings is 1. The lowest BCUT2D eigenvalue weighted by atomic mass is 10.1. The third kappa shape index (κ3) is 2.55. The van der Waals surface area contributed by atoms with Gasteiger partial charge in [0, 0.05) is 11.0 Å². The van der Waals surface area contributed by atoms with Crippen molar-refractivity contribution in [2.24, 2.45) is 0 Å². The molecule has 0 saturated heterocycles. The van der Waals surface area contributed by atoms with Gasteiger partial charge in [0.25, 0.3) is 5.91 Å². The fourth-order valence-corrected chi connectivity index (χ4v) is 2.50. The van der Waals surface area contributed by atoms with Crippen molar-refractivity contribution >= 4 is 37.8 Å². The van der Waals surface area contributed by atoms with Gasteiger partial charge in [0.2, 0.25) is 0 Å². The Kier molecular flexibility index (Phi) is 3.82. The fourth-order valence-electron chi connectivity index (χ4n) is 1.65. The Morgan fingerprint density at radius 2 is 1.88 bits per heavy atom. The van der Waals surface area contributed by atoms with Crippen LogP contribution < -0.4 is 0 Å². The normalized spacial score (nSPS) is 16.1. The number of halogens is 2. The van der Waals surface area contributed by atoms with Gasteiger partial charge in [-0.1, -0.05) is 46.3 Å². The van der Waals surface area contributed by atoms with E-state index in [1.807, 2.05) is 23.1 Å². The summed E-state index contributed by atoms with van der Waals surface area (Å²) in [6.07, 6.45) is 0.896. The number of carbonyl (C=O) groups is 1. The molecule has 1 aromatic rings. The molecule has 0 N–H and O–H groups in total. The quantitative estimate of drug-likeness (QED) is 0.825. The number of carbonyl (C=O) groups excluding carboxylic acids is 1. The maximum absolute atomic E-state index is 11.7. The predicted molar refractivity (Wildman–Crippen MR) is 71.6 cm³/mol. The van der Waals surface area contributed by atoms with Crippen molar-refractivity contribution in [3.63, 3.8) is 0 Å². The van der Waals surface area contributed by atoms with Gasteiger partial charge in [-0.05, 0) is 27.9 Å². The van der Waals surface area contributed by atoms with Crippen LogP contribution in [0.5, 0.6) is 0 Å². The van der Waals surface area contributed by atoms with Gasteiger partial charge in [-0.15, -0.1) is 0 Å². The van der Waals surface area contributed by atoms with Gasteiger partial charge < -0.3 is 4.90 Å². The third-order valence-electron chi connectivity index (χ3n) is 2.56. The maximum atomic E-state index is 11.7. The maximum Gasteiger partial charge on any atom is 0.262 e. The van der Waals surface area contributed by atoms with Crippen LogP contribution in [-0.2, 0) is 11.2 Å². The van der Waals surface area contributed by atoms with Gasteiger partial charge in [-0.25, -0.2) is 0 Å². The van der Waals surface area contributed by atoms with Crippen molar-refractivity contribution in [2.75, 3.05) is 13.1 Å². The van der Waals surface area contributed by atoms with Gasteiger partial charge in [0.05, 0.1) is 11.0 Å². The second-order valence-corrected chi connectivity index (χ2v) is 5.43. The van der Waals surface area contributed by atoms with Crippen molar-refractivity contribution in [3.8, 4) is 0 Å². The monoisotopic (exact) mass is 343 g/mol. The first-order valence-electron chi connectivity index (χ1n) is 5.06. The number of rotatable bonds is 3. The lowest BCUT2D eigenvalue weighted by Crippen LogP contribution is -2.28. The molecular weight excluding hydrogens is 334 g/mol. The Morgan fingerprint density at radius 3 is 2.44 bits per heavy atom. The summed E-state index contributed by atoms with van der Waals surface area (Å²) < 4.78 is 1.59. The molecule has 0 bridgehead atoms. The summed E-state index contributed by atoms with van der Waals surface area (Å²) in [6, 6.07) is 10.2. The van der Waals surface area contributed by atoms with Crippen molar-refractivity contribution in [2.45, 2.75) is 6.42 Å². The molecule has 0 spiro atoms. The number of hydrogen-bond donors (Lipinski definition) is 0. The van der Waals surface area contributed by atoms with Gasteiger partial charge in [0.15, 0.2) is 0 Å². The van der Waals surface area contributed by atoms with Gasteiger partial charge in [0.1, 0.15) is 0 Å². The summed E-state index contributed by atoms with van der Waals surface area (Å²) in [5, 5.41) is 0. The molecule has 1 aliphatic heterocycles. The fraction of sp³-hybridized carbons (Fsp3) is 0.250. The molecule has 1 amide bonds. The predicted octanol–water partition coefficient (Wildman–Crippen LogP) is 3.07. The van der Waals surface area contributed by atoms with Crippen LogP contribution >= 0.6 is 31.9 Å². The molecule has 84 valence electrons. The smallest absolute Gasteiger partial charge is 0.262 e.